The molecule has 1 aromatic rings. The number of carbonyl (C=O) groups excluding carboxylic acids is 1. The van der Waals surface area contributed by atoms with Crippen LogP contribution in [0.25, 0.3) is 0 Å². The van der Waals surface area contributed by atoms with Gasteiger partial charge in [-0.15, -0.1) is 0 Å². The molecule has 4 N–H and O–H groups in total. The van der Waals surface area contributed by atoms with E-state index in [0.717, 1.165) is 0 Å². The lowest BCUT2D eigenvalue weighted by atomic mass is 10.1. The van der Waals surface area contributed by atoms with Gasteiger partial charge in [0.25, 0.3) is 0 Å². The number of rotatable bonds is 5. The summed E-state index contributed by atoms with van der Waals surface area (Å²) in [6.07, 6.45) is -1.86. The van der Waals surface area contributed by atoms with Crippen molar-refractivity contribution >= 4 is 5.97 Å². The third-order valence-corrected chi connectivity index (χ3v) is 2.36. The topological polar surface area (TPSA) is 92.8 Å². The second-order valence-corrected chi connectivity index (χ2v) is 3.82. The Labute approximate surface area is 99.8 Å². The first-order chi connectivity index (χ1) is 8.06. The highest BCUT2D eigenvalue weighted by Crippen LogP contribution is 2.09. The van der Waals surface area contributed by atoms with Gasteiger partial charge in [-0.3, -0.25) is 0 Å². The van der Waals surface area contributed by atoms with Crippen LogP contribution in [0.2, 0.25) is 0 Å². The van der Waals surface area contributed by atoms with Crippen LogP contribution in [0.5, 0.6) is 0 Å². The van der Waals surface area contributed by atoms with Crippen LogP contribution in [-0.2, 0) is 4.74 Å². The van der Waals surface area contributed by atoms with E-state index in [2.05, 4.69) is 0 Å². The summed E-state index contributed by atoms with van der Waals surface area (Å²) in [4.78, 5) is 11.7. The van der Waals surface area contributed by atoms with Crippen LogP contribution in [0.3, 0.4) is 0 Å². The van der Waals surface area contributed by atoms with Gasteiger partial charge in [-0.05, 0) is 19.1 Å². The van der Waals surface area contributed by atoms with Gasteiger partial charge < -0.3 is 20.7 Å². The molecule has 0 saturated heterocycles. The third kappa shape index (κ3) is 3.81. The fraction of sp³-hybridized carbons (Fsp3) is 0.417. The summed E-state index contributed by atoms with van der Waals surface area (Å²) in [7, 11) is 0. The minimum atomic E-state index is -0.940. The molecule has 0 amide bonds. The van der Waals surface area contributed by atoms with E-state index in [1.165, 1.54) is 6.92 Å². The van der Waals surface area contributed by atoms with E-state index in [9.17, 15) is 9.90 Å². The highest BCUT2D eigenvalue weighted by Gasteiger charge is 2.26. The van der Waals surface area contributed by atoms with E-state index in [1.54, 1.807) is 30.3 Å². The molecule has 0 heterocycles. The Hall–Kier alpha value is -1.43. The molecule has 0 radical (unpaired) electrons. The fourth-order valence-electron chi connectivity index (χ4n) is 1.41. The van der Waals surface area contributed by atoms with Crippen molar-refractivity contribution < 1.29 is 19.7 Å². The predicted octanol–water partition coefficient (Wildman–Crippen LogP) is -0.0876. The molecular weight excluding hydrogens is 222 g/mol. The van der Waals surface area contributed by atoms with Gasteiger partial charge in [0.2, 0.25) is 0 Å². The van der Waals surface area contributed by atoms with Crippen LogP contribution in [0.15, 0.2) is 30.3 Å². The van der Waals surface area contributed by atoms with Crippen molar-refractivity contribution in [2.45, 2.75) is 25.2 Å². The molecule has 94 valence electrons. The van der Waals surface area contributed by atoms with Crippen LogP contribution in [0.1, 0.15) is 17.3 Å². The van der Waals surface area contributed by atoms with Crippen LogP contribution in [0.4, 0.5) is 0 Å². The highest BCUT2D eigenvalue weighted by molar-refractivity contribution is 5.89. The minimum absolute atomic E-state index is 0.363. The number of aliphatic hydroxyl groups excluding tert-OH is 2. The number of carbonyl (C=O) groups is 1. The minimum Gasteiger partial charge on any atom is -0.454 e. The van der Waals surface area contributed by atoms with Crippen molar-refractivity contribution in [3.8, 4) is 0 Å². The average molecular weight is 239 g/mol. The zero-order valence-corrected chi connectivity index (χ0v) is 9.61. The van der Waals surface area contributed by atoms with Crippen molar-refractivity contribution in [1.82, 2.24) is 0 Å². The number of aliphatic hydroxyl groups is 2. The maximum Gasteiger partial charge on any atom is 0.338 e. The molecule has 0 aromatic heterocycles. The Morgan fingerprint density at radius 2 is 2.00 bits per heavy atom. The zero-order valence-electron chi connectivity index (χ0n) is 9.61. The summed E-state index contributed by atoms with van der Waals surface area (Å²) < 4.78 is 5.08. The standard InChI is InChI=1S/C12H17NO4/c1-8(15)11(10(13)7-14)17-12(16)9-5-3-2-4-6-9/h2-6,8,10-11,14-15H,7,13H2,1H3/t8-,10+,11-/m1/s1. The average Bonchev–Trinajstić information content (AvgIpc) is 2.35. The Kier molecular flexibility index (Phi) is 5.09. The fourth-order valence-corrected chi connectivity index (χ4v) is 1.41. The van der Waals surface area contributed by atoms with E-state index >= 15 is 0 Å². The van der Waals surface area contributed by atoms with E-state index in [4.69, 9.17) is 15.6 Å². The molecule has 0 bridgehead atoms. The van der Waals surface area contributed by atoms with E-state index in [1.807, 2.05) is 0 Å². The first-order valence-electron chi connectivity index (χ1n) is 5.36. The Balaban J connectivity index is 2.71. The molecule has 0 spiro atoms. The van der Waals surface area contributed by atoms with Gasteiger partial charge >= 0.3 is 5.97 Å². The van der Waals surface area contributed by atoms with Gasteiger partial charge in [-0.2, -0.15) is 0 Å². The van der Waals surface area contributed by atoms with Crippen molar-refractivity contribution in [3.05, 3.63) is 35.9 Å². The molecule has 0 aliphatic carbocycles. The molecule has 0 fully saturated rings. The van der Waals surface area contributed by atoms with E-state index in [-0.39, 0.29) is 6.61 Å². The number of ether oxygens (including phenoxy) is 1. The van der Waals surface area contributed by atoms with E-state index in [0.29, 0.717) is 5.56 Å². The van der Waals surface area contributed by atoms with Crippen LogP contribution in [0, 0.1) is 0 Å². The smallest absolute Gasteiger partial charge is 0.338 e. The van der Waals surface area contributed by atoms with Gasteiger partial charge in [0.15, 0.2) is 0 Å². The molecule has 0 saturated carbocycles. The first-order valence-corrected chi connectivity index (χ1v) is 5.36. The van der Waals surface area contributed by atoms with E-state index < -0.39 is 24.2 Å². The lowest BCUT2D eigenvalue weighted by Crippen LogP contribution is -2.47. The molecule has 0 aliphatic heterocycles. The molecular formula is C12H17NO4. The summed E-state index contributed by atoms with van der Waals surface area (Å²) in [6.45, 7) is 1.09. The Morgan fingerprint density at radius 3 is 2.47 bits per heavy atom. The van der Waals surface area contributed by atoms with Gasteiger partial charge in [-0.25, -0.2) is 4.79 Å². The van der Waals surface area contributed by atoms with Gasteiger partial charge in [0.1, 0.15) is 6.10 Å². The normalized spacial score (nSPS) is 16.0. The molecule has 3 atom stereocenters. The Morgan fingerprint density at radius 1 is 1.41 bits per heavy atom. The second-order valence-electron chi connectivity index (χ2n) is 3.82. The lowest BCUT2D eigenvalue weighted by molar-refractivity contribution is -0.0291. The van der Waals surface area contributed by atoms with Gasteiger partial charge in [-0.1, -0.05) is 18.2 Å². The molecule has 0 aliphatic rings. The summed E-state index contributed by atoms with van der Waals surface area (Å²) in [5.41, 5.74) is 5.94. The molecule has 1 rings (SSSR count). The molecule has 1 aromatic carbocycles. The zero-order chi connectivity index (χ0) is 12.8. The van der Waals surface area contributed by atoms with Crippen LogP contribution in [-0.4, -0.2) is 41.0 Å². The van der Waals surface area contributed by atoms with Crippen molar-refractivity contribution in [1.29, 1.82) is 0 Å². The monoisotopic (exact) mass is 239 g/mol. The number of hydrogen-bond acceptors (Lipinski definition) is 5. The second kappa shape index (κ2) is 6.34. The lowest BCUT2D eigenvalue weighted by Gasteiger charge is -2.24. The highest BCUT2D eigenvalue weighted by atomic mass is 16.6. The quantitative estimate of drug-likeness (QED) is 0.625. The SMILES string of the molecule is C[C@@H](O)[C@@H](OC(=O)c1ccccc1)[C@@H](N)CO. The third-order valence-electron chi connectivity index (χ3n) is 2.36. The van der Waals surface area contributed by atoms with Crippen molar-refractivity contribution in [3.63, 3.8) is 0 Å². The summed E-state index contributed by atoms with van der Waals surface area (Å²) >= 11 is 0. The van der Waals surface area contributed by atoms with Crippen molar-refractivity contribution in [2.24, 2.45) is 5.73 Å². The summed E-state index contributed by atoms with van der Waals surface area (Å²) in [6, 6.07) is 7.60. The summed E-state index contributed by atoms with van der Waals surface area (Å²) in [5, 5.41) is 18.4. The molecule has 5 nitrogen and oxygen atoms in total. The number of esters is 1. The maximum absolute atomic E-state index is 11.7. The number of nitrogens with two attached hydrogens (primary N) is 1. The van der Waals surface area contributed by atoms with Crippen LogP contribution < -0.4 is 5.73 Å². The van der Waals surface area contributed by atoms with Crippen molar-refractivity contribution in [2.75, 3.05) is 6.61 Å². The molecule has 0 unspecified atom stereocenters. The number of hydrogen-bond donors (Lipinski definition) is 3. The van der Waals surface area contributed by atoms with Gasteiger partial charge in [0.05, 0.1) is 24.3 Å². The Bertz CT molecular complexity index is 353. The maximum atomic E-state index is 11.7. The predicted molar refractivity (Wildman–Crippen MR) is 62.4 cm³/mol. The number of benzene rings is 1. The molecule has 5 heteroatoms. The summed E-state index contributed by atoms with van der Waals surface area (Å²) in [5.74, 6) is -0.569. The first kappa shape index (κ1) is 13.6. The van der Waals surface area contributed by atoms with Crippen LogP contribution >= 0.6 is 0 Å². The molecule has 17 heavy (non-hydrogen) atoms. The van der Waals surface area contributed by atoms with Gasteiger partial charge in [0, 0.05) is 0 Å². The largest absolute Gasteiger partial charge is 0.454 e.